The van der Waals surface area contributed by atoms with Gasteiger partial charge in [-0.1, -0.05) is 0 Å². The number of nitrogens with zero attached hydrogens (tertiary/aromatic N) is 1. The molecule has 14 heavy (non-hydrogen) atoms. The van der Waals surface area contributed by atoms with Gasteiger partial charge in [0.2, 0.25) is 0 Å². The van der Waals surface area contributed by atoms with Gasteiger partial charge in [-0.25, -0.2) is 0 Å². The molecular weight excluding hydrogens is 193 g/mol. The van der Waals surface area contributed by atoms with Crippen LogP contribution in [0.2, 0.25) is 0 Å². The van der Waals surface area contributed by atoms with E-state index in [1.54, 1.807) is 0 Å². The first kappa shape index (κ1) is 10.2. The molecule has 5 heteroatoms. The summed E-state index contributed by atoms with van der Waals surface area (Å²) in [7, 11) is 1.90. The summed E-state index contributed by atoms with van der Waals surface area (Å²) >= 11 is 0. The summed E-state index contributed by atoms with van der Waals surface area (Å²) in [6, 6.07) is 0.0562. The molecule has 2 fully saturated rings. The van der Waals surface area contributed by atoms with E-state index in [1.165, 1.54) is 0 Å². The maximum Gasteiger partial charge on any atom is 0.406 e. The predicted octanol–water partition coefficient (Wildman–Crippen LogP) is 1.50. The van der Waals surface area contributed by atoms with Crippen LogP contribution in [0.3, 0.4) is 0 Å². The molecule has 0 radical (unpaired) electrons. The Kier molecular flexibility index (Phi) is 2.09. The zero-order valence-corrected chi connectivity index (χ0v) is 8.14. The van der Waals surface area contributed by atoms with Crippen LogP contribution in [0.15, 0.2) is 0 Å². The topological polar surface area (TPSA) is 29.3 Å². The summed E-state index contributed by atoms with van der Waals surface area (Å²) in [5, 5.41) is 0. The van der Waals surface area contributed by atoms with Crippen molar-refractivity contribution in [3.05, 3.63) is 0 Å². The second-order valence-electron chi connectivity index (χ2n) is 4.61. The van der Waals surface area contributed by atoms with E-state index in [0.717, 1.165) is 12.8 Å². The summed E-state index contributed by atoms with van der Waals surface area (Å²) < 4.78 is 38.1. The van der Waals surface area contributed by atoms with Crippen molar-refractivity contribution in [3.63, 3.8) is 0 Å². The maximum absolute atomic E-state index is 12.7. The molecule has 0 saturated carbocycles. The fourth-order valence-corrected chi connectivity index (χ4v) is 2.74. The van der Waals surface area contributed by atoms with Crippen LogP contribution in [0.25, 0.3) is 0 Å². The normalized spacial score (nSPS) is 44.4. The Bertz CT molecular complexity index is 225. The van der Waals surface area contributed by atoms with Crippen LogP contribution in [-0.4, -0.2) is 35.7 Å². The lowest BCUT2D eigenvalue weighted by atomic mass is 9.83. The molecule has 2 saturated heterocycles. The van der Waals surface area contributed by atoms with Gasteiger partial charge in [0.15, 0.2) is 0 Å². The number of halogens is 3. The minimum Gasteiger partial charge on any atom is -0.318 e. The van der Waals surface area contributed by atoms with Crippen LogP contribution in [0.4, 0.5) is 13.2 Å². The van der Waals surface area contributed by atoms with Gasteiger partial charge in [0.25, 0.3) is 0 Å². The molecule has 2 rings (SSSR count). The molecule has 0 aromatic carbocycles. The molecule has 0 spiro atoms. The second-order valence-corrected chi connectivity index (χ2v) is 4.61. The molecular formula is C9H15F3N2. The van der Waals surface area contributed by atoms with E-state index in [2.05, 4.69) is 4.90 Å². The predicted molar refractivity (Wildman–Crippen MR) is 46.8 cm³/mol. The van der Waals surface area contributed by atoms with Crippen molar-refractivity contribution >= 4 is 0 Å². The summed E-state index contributed by atoms with van der Waals surface area (Å²) in [5.41, 5.74) is 3.53. The molecule has 0 aromatic rings. The van der Waals surface area contributed by atoms with E-state index in [-0.39, 0.29) is 24.9 Å². The van der Waals surface area contributed by atoms with Crippen molar-refractivity contribution in [1.82, 2.24) is 4.90 Å². The number of alkyl halides is 3. The molecule has 0 unspecified atom stereocenters. The first-order valence-corrected chi connectivity index (χ1v) is 4.91. The van der Waals surface area contributed by atoms with Crippen LogP contribution in [-0.2, 0) is 0 Å². The third-order valence-electron chi connectivity index (χ3n) is 3.75. The van der Waals surface area contributed by atoms with E-state index < -0.39 is 11.7 Å². The standard InChI is InChI=1S/C9H15F3N2/c1-14-6-2-3-7(14)5-8(13,4-6)9(10,11)12/h6-7H,2-5,13H2,1H3/t6-,7-/m0/s1. The molecule has 2 heterocycles. The monoisotopic (exact) mass is 208 g/mol. The van der Waals surface area contributed by atoms with Gasteiger partial charge in [-0.05, 0) is 32.7 Å². The zero-order chi connectivity index (χ0) is 10.6. The first-order valence-electron chi connectivity index (χ1n) is 4.91. The van der Waals surface area contributed by atoms with Gasteiger partial charge >= 0.3 is 6.18 Å². The number of rotatable bonds is 0. The molecule has 0 aliphatic carbocycles. The molecule has 2 nitrogen and oxygen atoms in total. The Morgan fingerprint density at radius 2 is 1.64 bits per heavy atom. The number of hydrogen-bond donors (Lipinski definition) is 1. The Balaban J connectivity index is 2.20. The Morgan fingerprint density at radius 1 is 1.21 bits per heavy atom. The molecule has 0 amide bonds. The maximum atomic E-state index is 12.7. The van der Waals surface area contributed by atoms with Crippen molar-refractivity contribution in [3.8, 4) is 0 Å². The number of nitrogens with two attached hydrogens (primary N) is 1. The summed E-state index contributed by atoms with van der Waals surface area (Å²) in [6.45, 7) is 0. The second kappa shape index (κ2) is 2.85. The van der Waals surface area contributed by atoms with Gasteiger partial charge in [-0.2, -0.15) is 13.2 Å². The summed E-state index contributed by atoms with van der Waals surface area (Å²) in [6.07, 6.45) is -2.42. The van der Waals surface area contributed by atoms with E-state index in [4.69, 9.17) is 5.73 Å². The SMILES string of the molecule is CN1[C@H]2CC[C@H]1CC(N)(C(F)(F)F)C2. The molecule has 2 N–H and O–H groups in total. The van der Waals surface area contributed by atoms with Gasteiger partial charge in [0, 0.05) is 12.1 Å². The van der Waals surface area contributed by atoms with Crippen molar-refractivity contribution in [2.24, 2.45) is 5.73 Å². The van der Waals surface area contributed by atoms with Crippen LogP contribution in [0.1, 0.15) is 25.7 Å². The average molecular weight is 208 g/mol. The first-order chi connectivity index (χ1) is 6.33. The molecule has 82 valence electrons. The molecule has 2 atom stereocenters. The van der Waals surface area contributed by atoms with E-state index in [9.17, 15) is 13.2 Å². The Labute approximate surface area is 81.2 Å². The molecule has 2 aliphatic heterocycles. The van der Waals surface area contributed by atoms with Crippen LogP contribution in [0.5, 0.6) is 0 Å². The lowest BCUT2D eigenvalue weighted by molar-refractivity contribution is -0.202. The smallest absolute Gasteiger partial charge is 0.318 e. The van der Waals surface area contributed by atoms with Crippen LogP contribution in [0, 0.1) is 0 Å². The van der Waals surface area contributed by atoms with Crippen LogP contribution < -0.4 is 5.73 Å². The molecule has 0 aromatic heterocycles. The highest BCUT2D eigenvalue weighted by Crippen LogP contribution is 2.45. The highest BCUT2D eigenvalue weighted by molar-refractivity contribution is 5.06. The van der Waals surface area contributed by atoms with Crippen LogP contribution >= 0.6 is 0 Å². The van der Waals surface area contributed by atoms with E-state index in [1.807, 2.05) is 7.05 Å². The Morgan fingerprint density at radius 3 is 2.00 bits per heavy atom. The van der Waals surface area contributed by atoms with Gasteiger partial charge in [0.05, 0.1) is 0 Å². The third-order valence-corrected chi connectivity index (χ3v) is 3.75. The fourth-order valence-electron chi connectivity index (χ4n) is 2.74. The van der Waals surface area contributed by atoms with Gasteiger partial charge in [-0.3, -0.25) is 0 Å². The average Bonchev–Trinajstić information content (AvgIpc) is 2.32. The number of hydrogen-bond acceptors (Lipinski definition) is 2. The van der Waals surface area contributed by atoms with E-state index >= 15 is 0 Å². The fraction of sp³-hybridized carbons (Fsp3) is 1.00. The minimum absolute atomic E-state index is 0.0281. The van der Waals surface area contributed by atoms with Crippen molar-refractivity contribution in [2.75, 3.05) is 7.05 Å². The van der Waals surface area contributed by atoms with Crippen molar-refractivity contribution < 1.29 is 13.2 Å². The van der Waals surface area contributed by atoms with Crippen molar-refractivity contribution in [1.29, 1.82) is 0 Å². The van der Waals surface area contributed by atoms with Crippen molar-refractivity contribution in [2.45, 2.75) is 49.5 Å². The zero-order valence-electron chi connectivity index (χ0n) is 8.14. The minimum atomic E-state index is -4.25. The van der Waals surface area contributed by atoms with Gasteiger partial charge < -0.3 is 10.6 Å². The van der Waals surface area contributed by atoms with Gasteiger partial charge in [-0.15, -0.1) is 0 Å². The quantitative estimate of drug-likeness (QED) is 0.653. The van der Waals surface area contributed by atoms with E-state index in [0.29, 0.717) is 0 Å². The Hall–Kier alpha value is -0.290. The lowest BCUT2D eigenvalue weighted by Gasteiger charge is -2.43. The number of fused-ring (bicyclic) bond motifs is 2. The van der Waals surface area contributed by atoms with Gasteiger partial charge in [0.1, 0.15) is 5.54 Å². The highest BCUT2D eigenvalue weighted by Gasteiger charge is 2.58. The largest absolute Gasteiger partial charge is 0.406 e. The summed E-state index contributed by atoms with van der Waals surface area (Å²) in [5.74, 6) is 0. The molecule has 2 bridgehead atoms. The lowest BCUT2D eigenvalue weighted by Crippen LogP contribution is -2.62. The highest BCUT2D eigenvalue weighted by atomic mass is 19.4. The number of piperidine rings is 1. The molecule has 2 aliphatic rings. The summed E-state index contributed by atoms with van der Waals surface area (Å²) in [4.78, 5) is 2.05. The third kappa shape index (κ3) is 1.34.